The molecule has 0 bridgehead atoms. The second-order valence-electron chi connectivity index (χ2n) is 5.95. The molecule has 6 nitrogen and oxygen atoms in total. The maximum atomic E-state index is 12.3. The Balaban J connectivity index is 2.30. The standard InChI is InChI=1S/C19H18Cl2N2O4S/c1-10-15(19(26)27-4)17(28-16(10)18(25)23(2)3)22-14(24)8-6-11-5-7-12(20)13(21)9-11/h5-9H,1-4H3,(H,22,24)/b8-6+. The van der Waals surface area contributed by atoms with Gasteiger partial charge < -0.3 is 15.0 Å². The summed E-state index contributed by atoms with van der Waals surface area (Å²) < 4.78 is 4.79. The number of nitrogens with zero attached hydrogens (tertiary/aromatic N) is 1. The van der Waals surface area contributed by atoms with Crippen molar-refractivity contribution in [2.24, 2.45) is 0 Å². The van der Waals surface area contributed by atoms with Crippen molar-refractivity contribution in [1.82, 2.24) is 4.90 Å². The Labute approximate surface area is 176 Å². The number of carbonyl (C=O) groups excluding carboxylic acids is 3. The molecule has 0 aliphatic carbocycles. The van der Waals surface area contributed by atoms with Crippen LogP contribution in [0.25, 0.3) is 6.08 Å². The lowest BCUT2D eigenvalue weighted by Crippen LogP contribution is -2.21. The smallest absolute Gasteiger partial charge is 0.341 e. The number of halogens is 2. The monoisotopic (exact) mass is 440 g/mol. The number of anilines is 1. The first-order valence-corrected chi connectivity index (χ1v) is 9.60. The normalized spacial score (nSPS) is 10.8. The molecule has 0 unspecified atom stereocenters. The van der Waals surface area contributed by atoms with Crippen molar-refractivity contribution < 1.29 is 19.1 Å². The number of benzene rings is 1. The van der Waals surface area contributed by atoms with Crippen molar-refractivity contribution in [3.8, 4) is 0 Å². The van der Waals surface area contributed by atoms with Crippen molar-refractivity contribution in [2.75, 3.05) is 26.5 Å². The lowest BCUT2D eigenvalue weighted by molar-refractivity contribution is -0.111. The number of thiophene rings is 1. The molecule has 2 amide bonds. The fourth-order valence-electron chi connectivity index (χ4n) is 2.30. The van der Waals surface area contributed by atoms with Crippen molar-refractivity contribution in [1.29, 1.82) is 0 Å². The second-order valence-corrected chi connectivity index (χ2v) is 7.78. The van der Waals surface area contributed by atoms with E-state index in [0.29, 0.717) is 26.0 Å². The highest BCUT2D eigenvalue weighted by Crippen LogP contribution is 2.34. The van der Waals surface area contributed by atoms with Gasteiger partial charge in [-0.15, -0.1) is 11.3 Å². The van der Waals surface area contributed by atoms with E-state index in [4.69, 9.17) is 27.9 Å². The molecule has 9 heteroatoms. The van der Waals surface area contributed by atoms with Gasteiger partial charge in [-0.3, -0.25) is 9.59 Å². The summed E-state index contributed by atoms with van der Waals surface area (Å²) in [6.45, 7) is 1.64. The second kappa shape index (κ2) is 9.23. The van der Waals surface area contributed by atoms with E-state index in [-0.39, 0.29) is 16.5 Å². The van der Waals surface area contributed by atoms with Gasteiger partial charge in [0, 0.05) is 20.2 Å². The molecule has 148 valence electrons. The van der Waals surface area contributed by atoms with Crippen LogP contribution in [-0.2, 0) is 9.53 Å². The van der Waals surface area contributed by atoms with Crippen LogP contribution in [0.3, 0.4) is 0 Å². The van der Waals surface area contributed by atoms with Gasteiger partial charge in [0.25, 0.3) is 5.91 Å². The van der Waals surface area contributed by atoms with Crippen LogP contribution in [-0.4, -0.2) is 43.9 Å². The number of hydrogen-bond acceptors (Lipinski definition) is 5. The molecule has 1 aromatic carbocycles. The molecule has 1 N–H and O–H groups in total. The van der Waals surface area contributed by atoms with E-state index >= 15 is 0 Å². The highest BCUT2D eigenvalue weighted by Gasteiger charge is 2.26. The minimum Gasteiger partial charge on any atom is -0.465 e. The highest BCUT2D eigenvalue weighted by atomic mass is 35.5. The van der Waals surface area contributed by atoms with Gasteiger partial charge in [-0.2, -0.15) is 0 Å². The molecule has 1 heterocycles. The van der Waals surface area contributed by atoms with Gasteiger partial charge in [0.15, 0.2) is 0 Å². The molecule has 0 spiro atoms. The first-order chi connectivity index (χ1) is 13.1. The molecule has 0 saturated carbocycles. The van der Waals surface area contributed by atoms with Gasteiger partial charge in [-0.1, -0.05) is 29.3 Å². The highest BCUT2D eigenvalue weighted by molar-refractivity contribution is 7.18. The van der Waals surface area contributed by atoms with E-state index < -0.39 is 11.9 Å². The molecule has 28 heavy (non-hydrogen) atoms. The number of ether oxygens (including phenoxy) is 1. The maximum Gasteiger partial charge on any atom is 0.341 e. The fraction of sp³-hybridized carbons (Fsp3) is 0.211. The lowest BCUT2D eigenvalue weighted by atomic mass is 10.1. The summed E-state index contributed by atoms with van der Waals surface area (Å²) in [5.41, 5.74) is 1.30. The third kappa shape index (κ3) is 4.92. The summed E-state index contributed by atoms with van der Waals surface area (Å²) in [7, 11) is 4.46. The Morgan fingerprint density at radius 2 is 1.86 bits per heavy atom. The first kappa shape index (κ1) is 21.9. The van der Waals surface area contributed by atoms with Crippen LogP contribution in [0.4, 0.5) is 5.00 Å². The molecule has 2 rings (SSSR count). The summed E-state index contributed by atoms with van der Waals surface area (Å²) in [5.74, 6) is -1.36. The van der Waals surface area contributed by atoms with Crippen LogP contribution in [0.1, 0.15) is 31.2 Å². The topological polar surface area (TPSA) is 75.7 Å². The van der Waals surface area contributed by atoms with E-state index in [9.17, 15) is 14.4 Å². The third-order valence-corrected chi connectivity index (χ3v) is 5.68. The number of rotatable bonds is 5. The van der Waals surface area contributed by atoms with Crippen molar-refractivity contribution in [3.05, 3.63) is 55.9 Å². The number of esters is 1. The Hall–Kier alpha value is -2.35. The Bertz CT molecular complexity index is 967. The molecule has 0 saturated heterocycles. The summed E-state index contributed by atoms with van der Waals surface area (Å²) in [6, 6.07) is 4.95. The zero-order chi connectivity index (χ0) is 21.0. The van der Waals surface area contributed by atoms with Gasteiger partial charge in [0.1, 0.15) is 5.00 Å². The van der Waals surface area contributed by atoms with Gasteiger partial charge in [0.2, 0.25) is 5.91 Å². The minimum atomic E-state index is -0.629. The van der Waals surface area contributed by atoms with Gasteiger partial charge >= 0.3 is 5.97 Å². The number of carbonyl (C=O) groups is 3. The van der Waals surface area contributed by atoms with Crippen molar-refractivity contribution in [2.45, 2.75) is 6.92 Å². The summed E-state index contributed by atoms with van der Waals surface area (Å²) in [4.78, 5) is 38.6. The maximum absolute atomic E-state index is 12.3. The lowest BCUT2D eigenvalue weighted by Gasteiger charge is -2.08. The molecule has 0 aliphatic heterocycles. The first-order valence-electron chi connectivity index (χ1n) is 8.03. The molecular formula is C19H18Cl2N2O4S. The van der Waals surface area contributed by atoms with Crippen LogP contribution in [0.2, 0.25) is 10.0 Å². The van der Waals surface area contributed by atoms with E-state index in [1.807, 2.05) is 0 Å². The minimum absolute atomic E-state index is 0.161. The largest absolute Gasteiger partial charge is 0.465 e. The molecule has 1 aromatic heterocycles. The van der Waals surface area contributed by atoms with Crippen LogP contribution in [0, 0.1) is 6.92 Å². The number of hydrogen-bond donors (Lipinski definition) is 1. The third-order valence-electron chi connectivity index (χ3n) is 3.74. The van der Waals surface area contributed by atoms with Gasteiger partial charge in [0.05, 0.1) is 27.6 Å². The molecular weight excluding hydrogens is 423 g/mol. The number of methoxy groups -OCH3 is 1. The summed E-state index contributed by atoms with van der Waals surface area (Å²) in [6.07, 6.45) is 2.85. The van der Waals surface area contributed by atoms with E-state index in [1.165, 1.54) is 18.1 Å². The predicted molar refractivity (Wildman–Crippen MR) is 113 cm³/mol. The van der Waals surface area contributed by atoms with E-state index in [2.05, 4.69) is 5.32 Å². The fourth-order valence-corrected chi connectivity index (χ4v) is 3.82. The van der Waals surface area contributed by atoms with Crippen LogP contribution < -0.4 is 5.32 Å². The molecule has 2 aromatic rings. The summed E-state index contributed by atoms with van der Waals surface area (Å²) in [5, 5.41) is 3.68. The Kier molecular flexibility index (Phi) is 7.23. The predicted octanol–water partition coefficient (Wildman–Crippen LogP) is 4.50. The van der Waals surface area contributed by atoms with Crippen LogP contribution in [0.15, 0.2) is 24.3 Å². The average molecular weight is 441 g/mol. The van der Waals surface area contributed by atoms with E-state index in [0.717, 1.165) is 11.3 Å². The SMILES string of the molecule is COC(=O)c1c(NC(=O)/C=C/c2ccc(Cl)c(Cl)c2)sc(C(=O)N(C)C)c1C. The molecule has 0 fully saturated rings. The molecule has 0 atom stereocenters. The summed E-state index contributed by atoms with van der Waals surface area (Å²) >= 11 is 12.8. The Morgan fingerprint density at radius 3 is 2.43 bits per heavy atom. The molecule has 0 aliphatic rings. The zero-order valence-electron chi connectivity index (χ0n) is 15.6. The van der Waals surface area contributed by atoms with Crippen molar-refractivity contribution in [3.63, 3.8) is 0 Å². The zero-order valence-corrected chi connectivity index (χ0v) is 18.0. The van der Waals surface area contributed by atoms with Gasteiger partial charge in [-0.25, -0.2) is 4.79 Å². The quantitative estimate of drug-likeness (QED) is 0.548. The molecule has 0 radical (unpaired) electrons. The Morgan fingerprint density at radius 1 is 1.18 bits per heavy atom. The van der Waals surface area contributed by atoms with Gasteiger partial charge in [-0.05, 0) is 36.3 Å². The van der Waals surface area contributed by atoms with Crippen LogP contribution >= 0.6 is 34.5 Å². The number of nitrogens with one attached hydrogen (secondary N) is 1. The van der Waals surface area contributed by atoms with E-state index in [1.54, 1.807) is 45.3 Å². The van der Waals surface area contributed by atoms with Crippen molar-refractivity contribution >= 4 is 63.4 Å². The average Bonchev–Trinajstić information content (AvgIpc) is 2.97. The van der Waals surface area contributed by atoms with Crippen LogP contribution in [0.5, 0.6) is 0 Å². The number of amides is 2.